The third-order valence-corrected chi connectivity index (χ3v) is 5.35. The molecule has 3 N–H and O–H groups in total. The molecule has 0 aliphatic carbocycles. The maximum absolute atomic E-state index is 12.5. The Bertz CT molecular complexity index is 1440. The summed E-state index contributed by atoms with van der Waals surface area (Å²) in [5.74, 6) is 0.335. The third kappa shape index (κ3) is 6.31. The molecule has 190 valence electrons. The topological polar surface area (TPSA) is 111 Å². The fourth-order valence-electron chi connectivity index (χ4n) is 3.77. The average Bonchev–Trinajstić information content (AvgIpc) is 3.33. The molecule has 8 nitrogen and oxygen atoms in total. The van der Waals surface area contributed by atoms with Gasteiger partial charge in [-0.15, -0.1) is 18.3 Å². The maximum atomic E-state index is 12.5. The number of rotatable bonds is 7. The Morgan fingerprint density at radius 2 is 1.76 bits per heavy atom. The Kier molecular flexibility index (Phi) is 7.23. The number of nitrogens with two attached hydrogens (primary N) is 1. The lowest BCUT2D eigenvalue weighted by atomic mass is 9.89. The SMILES string of the molecule is CC(C)c1ccccc1-c1cc(/C=N/N=C(/N)O)ccc1-c1ncn(-c2ccc(OC(F)(F)F)cc2)n1. The van der Waals surface area contributed by atoms with E-state index < -0.39 is 12.4 Å². The van der Waals surface area contributed by atoms with E-state index in [-0.39, 0.29) is 11.7 Å². The minimum atomic E-state index is -4.77. The fraction of sp³-hybridized carbons (Fsp3) is 0.154. The summed E-state index contributed by atoms with van der Waals surface area (Å²) in [5.41, 5.74) is 10.1. The van der Waals surface area contributed by atoms with Crippen molar-refractivity contribution in [2.75, 3.05) is 0 Å². The van der Waals surface area contributed by atoms with E-state index in [9.17, 15) is 13.2 Å². The second-order valence-corrected chi connectivity index (χ2v) is 8.30. The number of aliphatic hydroxyl groups is 1. The molecule has 0 aliphatic heterocycles. The number of halogens is 3. The average molecular weight is 509 g/mol. The summed E-state index contributed by atoms with van der Waals surface area (Å²) in [6.07, 6.45) is -1.81. The van der Waals surface area contributed by atoms with Gasteiger partial charge in [-0.05, 0) is 64.6 Å². The first kappa shape index (κ1) is 25.4. The molecule has 0 unspecified atom stereocenters. The van der Waals surface area contributed by atoms with Crippen molar-refractivity contribution >= 4 is 12.2 Å². The van der Waals surface area contributed by atoms with E-state index in [0.717, 1.165) is 22.3 Å². The number of hydrogen-bond acceptors (Lipinski definition) is 5. The van der Waals surface area contributed by atoms with Crippen LogP contribution in [-0.4, -0.2) is 38.5 Å². The highest BCUT2D eigenvalue weighted by molar-refractivity contribution is 5.89. The van der Waals surface area contributed by atoms with Crippen molar-refractivity contribution in [2.45, 2.75) is 26.1 Å². The predicted molar refractivity (Wildman–Crippen MR) is 135 cm³/mol. The van der Waals surface area contributed by atoms with Gasteiger partial charge >= 0.3 is 12.4 Å². The number of amidine groups is 1. The van der Waals surface area contributed by atoms with E-state index >= 15 is 0 Å². The maximum Gasteiger partial charge on any atom is 0.573 e. The third-order valence-electron chi connectivity index (χ3n) is 5.35. The molecule has 1 aromatic heterocycles. The summed E-state index contributed by atoms with van der Waals surface area (Å²) in [7, 11) is 0. The number of nitrogens with zero attached hydrogens (tertiary/aromatic N) is 5. The summed E-state index contributed by atoms with van der Waals surface area (Å²) in [6.45, 7) is 4.20. The monoisotopic (exact) mass is 508 g/mol. The molecule has 0 saturated carbocycles. The van der Waals surface area contributed by atoms with Gasteiger partial charge in [0.05, 0.1) is 11.9 Å². The zero-order valence-electron chi connectivity index (χ0n) is 19.9. The first-order valence-electron chi connectivity index (χ1n) is 11.2. The van der Waals surface area contributed by atoms with E-state index in [1.165, 1.54) is 41.5 Å². The molecule has 0 spiro atoms. The zero-order chi connectivity index (χ0) is 26.6. The van der Waals surface area contributed by atoms with Crippen LogP contribution >= 0.6 is 0 Å². The summed E-state index contributed by atoms with van der Waals surface area (Å²) < 4.78 is 42.8. The zero-order valence-corrected chi connectivity index (χ0v) is 19.9. The molecule has 11 heteroatoms. The lowest BCUT2D eigenvalue weighted by Gasteiger charge is -2.16. The van der Waals surface area contributed by atoms with Crippen molar-refractivity contribution in [3.05, 3.63) is 84.2 Å². The molecule has 0 atom stereocenters. The molecule has 0 amide bonds. The summed E-state index contributed by atoms with van der Waals surface area (Å²) in [5, 5.41) is 20.8. The van der Waals surface area contributed by atoms with Crippen molar-refractivity contribution in [3.63, 3.8) is 0 Å². The number of hydrogen-bond donors (Lipinski definition) is 2. The van der Waals surface area contributed by atoms with Gasteiger partial charge in [0.1, 0.15) is 12.1 Å². The molecule has 4 rings (SSSR count). The molecule has 0 bridgehead atoms. The molecule has 0 radical (unpaired) electrons. The second-order valence-electron chi connectivity index (χ2n) is 8.30. The van der Waals surface area contributed by atoms with Crippen LogP contribution in [0.2, 0.25) is 0 Å². The number of alkyl halides is 3. The van der Waals surface area contributed by atoms with E-state index in [1.54, 1.807) is 6.07 Å². The molecule has 3 aromatic carbocycles. The van der Waals surface area contributed by atoms with Crippen LogP contribution in [0.15, 0.2) is 83.3 Å². The quantitative estimate of drug-likeness (QED) is 0.185. The number of benzene rings is 3. The fourth-order valence-corrected chi connectivity index (χ4v) is 3.77. The van der Waals surface area contributed by atoms with Crippen LogP contribution in [0.25, 0.3) is 28.2 Å². The standard InChI is InChI=1S/C26H23F3N6O2/c1-16(2)20-5-3-4-6-21(20)23-13-17(14-32-33-25(30)36)7-12-22(23)24-31-15-35(34-24)18-8-10-19(11-9-18)37-26(27,28)29/h3-16H,1-2H3,(H3,30,33,36)/b32-14+. The van der Waals surface area contributed by atoms with Crippen LogP contribution in [-0.2, 0) is 0 Å². The van der Waals surface area contributed by atoms with Crippen LogP contribution in [0.3, 0.4) is 0 Å². The lowest BCUT2D eigenvalue weighted by Crippen LogP contribution is -2.17. The van der Waals surface area contributed by atoms with Crippen LogP contribution in [0.1, 0.15) is 30.9 Å². The van der Waals surface area contributed by atoms with Crippen molar-refractivity contribution in [1.82, 2.24) is 14.8 Å². The Hall–Kier alpha value is -4.67. The van der Waals surface area contributed by atoms with Gasteiger partial charge in [0.15, 0.2) is 5.82 Å². The van der Waals surface area contributed by atoms with Crippen molar-refractivity contribution in [2.24, 2.45) is 15.9 Å². The van der Waals surface area contributed by atoms with Gasteiger partial charge < -0.3 is 15.6 Å². The minimum absolute atomic E-state index is 0.239. The first-order valence-corrected chi connectivity index (χ1v) is 11.2. The highest BCUT2D eigenvalue weighted by Crippen LogP contribution is 2.36. The first-order chi connectivity index (χ1) is 17.6. The Morgan fingerprint density at radius 3 is 2.43 bits per heavy atom. The molecule has 4 aromatic rings. The molecule has 1 heterocycles. The van der Waals surface area contributed by atoms with Crippen LogP contribution in [0, 0.1) is 0 Å². The van der Waals surface area contributed by atoms with Gasteiger partial charge in [0, 0.05) is 5.56 Å². The molecule has 0 saturated heterocycles. The van der Waals surface area contributed by atoms with E-state index in [1.807, 2.05) is 30.3 Å². The van der Waals surface area contributed by atoms with Gasteiger partial charge in [-0.2, -0.15) is 5.10 Å². The Morgan fingerprint density at radius 1 is 1.03 bits per heavy atom. The van der Waals surface area contributed by atoms with Gasteiger partial charge in [0.25, 0.3) is 0 Å². The smallest absolute Gasteiger partial charge is 0.480 e. The lowest BCUT2D eigenvalue weighted by molar-refractivity contribution is -0.274. The van der Waals surface area contributed by atoms with Crippen molar-refractivity contribution in [1.29, 1.82) is 0 Å². The Balaban J connectivity index is 1.75. The van der Waals surface area contributed by atoms with Crippen molar-refractivity contribution in [3.8, 4) is 34.0 Å². The van der Waals surface area contributed by atoms with Crippen molar-refractivity contribution < 1.29 is 23.0 Å². The number of ether oxygens (including phenoxy) is 1. The van der Waals surface area contributed by atoms with E-state index in [2.05, 4.69) is 44.9 Å². The highest BCUT2D eigenvalue weighted by Gasteiger charge is 2.31. The molecular formula is C26H23F3N6O2. The minimum Gasteiger partial charge on any atom is -0.480 e. The van der Waals surface area contributed by atoms with Gasteiger partial charge in [-0.1, -0.05) is 49.3 Å². The number of aliphatic hydroxyl groups excluding tert-OH is 1. The largest absolute Gasteiger partial charge is 0.573 e. The normalized spacial score (nSPS) is 12.4. The summed E-state index contributed by atoms with van der Waals surface area (Å²) >= 11 is 0. The highest BCUT2D eigenvalue weighted by atomic mass is 19.4. The Labute approximate surface area is 210 Å². The second kappa shape index (κ2) is 10.5. The van der Waals surface area contributed by atoms with Gasteiger partial charge in [-0.3, -0.25) is 0 Å². The van der Waals surface area contributed by atoms with Gasteiger partial charge in [-0.25, -0.2) is 9.67 Å². The number of aromatic nitrogens is 3. The van der Waals surface area contributed by atoms with Gasteiger partial charge in [0.2, 0.25) is 0 Å². The summed E-state index contributed by atoms with van der Waals surface area (Å²) in [6, 6.07) is 18.2. The molecule has 0 fully saturated rings. The molecular weight excluding hydrogens is 485 g/mol. The summed E-state index contributed by atoms with van der Waals surface area (Å²) in [4.78, 5) is 4.46. The molecule has 37 heavy (non-hydrogen) atoms. The van der Waals surface area contributed by atoms with E-state index in [4.69, 9.17) is 10.8 Å². The van der Waals surface area contributed by atoms with Crippen LogP contribution < -0.4 is 10.5 Å². The predicted octanol–water partition coefficient (Wildman–Crippen LogP) is 5.83. The van der Waals surface area contributed by atoms with Crippen LogP contribution in [0.5, 0.6) is 5.75 Å². The van der Waals surface area contributed by atoms with Crippen LogP contribution in [0.4, 0.5) is 13.2 Å². The van der Waals surface area contributed by atoms with E-state index in [0.29, 0.717) is 17.1 Å². The molecule has 0 aliphatic rings.